The Bertz CT molecular complexity index is 1110. The van der Waals surface area contributed by atoms with E-state index >= 15 is 0 Å². The van der Waals surface area contributed by atoms with Crippen LogP contribution in [0.5, 0.6) is 0 Å². The van der Waals surface area contributed by atoms with Gasteiger partial charge in [0.1, 0.15) is 5.78 Å². The zero-order valence-electron chi connectivity index (χ0n) is 18.5. The summed E-state index contributed by atoms with van der Waals surface area (Å²) in [6, 6.07) is 14.3. The van der Waals surface area contributed by atoms with Gasteiger partial charge in [-0.2, -0.15) is 26.3 Å². The zero-order chi connectivity index (χ0) is 25.3. The molecule has 1 atom stereocenters. The van der Waals surface area contributed by atoms with Crippen LogP contribution in [0.25, 0.3) is 22.3 Å². The number of Topliss-reactive ketones (excluding diaryl/α,β-unsaturated/α-hetero) is 1. The molecule has 0 amide bonds. The summed E-state index contributed by atoms with van der Waals surface area (Å²) in [6.07, 6.45) is -8.59. The average Bonchev–Trinajstić information content (AvgIpc) is 2.76. The Kier molecular flexibility index (Phi) is 7.05. The molecule has 0 N–H and O–H groups in total. The lowest BCUT2D eigenvalue weighted by Crippen LogP contribution is -2.10. The van der Waals surface area contributed by atoms with Crippen LogP contribution in [0.15, 0.2) is 78.9 Å². The first kappa shape index (κ1) is 25.3. The summed E-state index contributed by atoms with van der Waals surface area (Å²) in [4.78, 5) is 12.4. The van der Waals surface area contributed by atoms with E-state index < -0.39 is 29.4 Å². The van der Waals surface area contributed by atoms with E-state index in [9.17, 15) is 31.1 Å². The third kappa shape index (κ3) is 5.95. The highest BCUT2D eigenvalue weighted by molar-refractivity contribution is 5.85. The van der Waals surface area contributed by atoms with Gasteiger partial charge in [-0.1, -0.05) is 42.0 Å². The van der Waals surface area contributed by atoms with Gasteiger partial charge in [0.05, 0.1) is 11.1 Å². The van der Waals surface area contributed by atoms with E-state index in [1.54, 1.807) is 25.1 Å². The molecule has 0 heterocycles. The highest BCUT2D eigenvalue weighted by Gasteiger charge is 2.31. The van der Waals surface area contributed by atoms with E-state index in [0.717, 1.165) is 29.8 Å². The van der Waals surface area contributed by atoms with Crippen LogP contribution < -0.4 is 0 Å². The summed E-state index contributed by atoms with van der Waals surface area (Å²) in [6.45, 7) is 7.09. The number of halogens is 6. The Labute approximate surface area is 193 Å². The summed E-state index contributed by atoms with van der Waals surface area (Å²) < 4.78 is 77.9. The van der Waals surface area contributed by atoms with Crippen molar-refractivity contribution in [3.63, 3.8) is 0 Å². The standard InChI is InChI=1S/C27H22F6O/c1-16(2)12-25(17(3)34)22-14-20(18-4-8-23(9-5-18)26(28,29)30)13-21(15-22)19-6-10-24(11-7-19)27(31,32)33/h4-11,13-15,25H,1,12H2,2-3H3. The predicted octanol–water partition coefficient (Wildman–Crippen LogP) is 8.70. The highest BCUT2D eigenvalue weighted by Crippen LogP contribution is 2.37. The molecule has 0 bridgehead atoms. The molecule has 1 nitrogen and oxygen atoms in total. The molecule has 178 valence electrons. The molecular formula is C27H22F6O. The molecule has 3 rings (SSSR count). The molecule has 0 saturated carbocycles. The van der Waals surface area contributed by atoms with Crippen molar-refractivity contribution in [1.82, 2.24) is 0 Å². The second kappa shape index (κ2) is 9.49. The van der Waals surface area contributed by atoms with Crippen LogP contribution in [-0.2, 0) is 17.1 Å². The molecule has 0 aliphatic carbocycles. The van der Waals surface area contributed by atoms with Gasteiger partial charge in [0.25, 0.3) is 0 Å². The Hall–Kier alpha value is -3.35. The van der Waals surface area contributed by atoms with E-state index in [0.29, 0.717) is 34.2 Å². The maximum absolute atomic E-state index is 13.0. The van der Waals surface area contributed by atoms with E-state index in [2.05, 4.69) is 6.58 Å². The van der Waals surface area contributed by atoms with Crippen molar-refractivity contribution in [1.29, 1.82) is 0 Å². The molecule has 34 heavy (non-hydrogen) atoms. The largest absolute Gasteiger partial charge is 0.416 e. The Balaban J connectivity index is 2.15. The van der Waals surface area contributed by atoms with Gasteiger partial charge in [0.2, 0.25) is 0 Å². The second-order valence-corrected chi connectivity index (χ2v) is 8.32. The smallest absolute Gasteiger partial charge is 0.299 e. The van der Waals surface area contributed by atoms with Crippen LogP contribution in [0.4, 0.5) is 26.3 Å². The number of carbonyl (C=O) groups excluding carboxylic acids is 1. The fourth-order valence-corrected chi connectivity index (χ4v) is 3.73. The van der Waals surface area contributed by atoms with E-state index in [1.807, 2.05) is 0 Å². The first-order chi connectivity index (χ1) is 15.8. The first-order valence-corrected chi connectivity index (χ1v) is 10.4. The minimum Gasteiger partial charge on any atom is -0.299 e. The first-order valence-electron chi connectivity index (χ1n) is 10.4. The van der Waals surface area contributed by atoms with Crippen molar-refractivity contribution in [2.24, 2.45) is 0 Å². The molecule has 0 spiro atoms. The fourth-order valence-electron chi connectivity index (χ4n) is 3.73. The van der Waals surface area contributed by atoms with Gasteiger partial charge in [-0.15, -0.1) is 6.58 Å². The summed E-state index contributed by atoms with van der Waals surface area (Å²) >= 11 is 0. The van der Waals surface area contributed by atoms with Gasteiger partial charge in [-0.3, -0.25) is 4.79 Å². The molecule has 0 fully saturated rings. The van der Waals surface area contributed by atoms with Crippen molar-refractivity contribution in [3.05, 3.63) is 95.6 Å². The lowest BCUT2D eigenvalue weighted by Gasteiger charge is -2.18. The predicted molar refractivity (Wildman–Crippen MR) is 120 cm³/mol. The van der Waals surface area contributed by atoms with Gasteiger partial charge in [0, 0.05) is 5.92 Å². The highest BCUT2D eigenvalue weighted by atomic mass is 19.4. The van der Waals surface area contributed by atoms with E-state index in [4.69, 9.17) is 0 Å². The third-order valence-electron chi connectivity index (χ3n) is 5.49. The number of allylic oxidation sites excluding steroid dienone is 1. The maximum Gasteiger partial charge on any atom is 0.416 e. The summed E-state index contributed by atoms with van der Waals surface area (Å²) in [5.41, 5.74) is 1.88. The van der Waals surface area contributed by atoms with Gasteiger partial charge in [0.15, 0.2) is 0 Å². The van der Waals surface area contributed by atoms with Crippen molar-refractivity contribution >= 4 is 5.78 Å². The normalized spacial score (nSPS) is 12.9. The van der Waals surface area contributed by atoms with Crippen molar-refractivity contribution < 1.29 is 31.1 Å². The van der Waals surface area contributed by atoms with Gasteiger partial charge in [-0.05, 0) is 78.4 Å². The zero-order valence-corrected chi connectivity index (χ0v) is 18.5. The number of alkyl halides is 6. The molecule has 0 saturated heterocycles. The molecule has 3 aromatic carbocycles. The lowest BCUT2D eigenvalue weighted by molar-refractivity contribution is -0.138. The fraction of sp³-hybridized carbons (Fsp3) is 0.222. The number of rotatable bonds is 6. The van der Waals surface area contributed by atoms with Crippen molar-refractivity contribution in [2.75, 3.05) is 0 Å². The third-order valence-corrected chi connectivity index (χ3v) is 5.49. The molecule has 1 unspecified atom stereocenters. The molecule has 0 aliphatic rings. The maximum atomic E-state index is 13.0. The Morgan fingerprint density at radius 3 is 1.38 bits per heavy atom. The van der Waals surface area contributed by atoms with Crippen molar-refractivity contribution in [3.8, 4) is 22.3 Å². The monoisotopic (exact) mass is 476 g/mol. The van der Waals surface area contributed by atoms with Crippen LogP contribution in [0.2, 0.25) is 0 Å². The van der Waals surface area contributed by atoms with Gasteiger partial charge >= 0.3 is 12.4 Å². The minimum absolute atomic E-state index is 0.120. The number of hydrogen-bond donors (Lipinski definition) is 0. The van der Waals surface area contributed by atoms with Crippen LogP contribution >= 0.6 is 0 Å². The second-order valence-electron chi connectivity index (χ2n) is 8.32. The molecule has 3 aromatic rings. The quantitative estimate of drug-likeness (QED) is 0.257. The number of benzene rings is 3. The molecular weight excluding hydrogens is 454 g/mol. The number of ketones is 1. The number of carbonyl (C=O) groups is 1. The topological polar surface area (TPSA) is 17.1 Å². The van der Waals surface area contributed by atoms with Crippen molar-refractivity contribution in [2.45, 2.75) is 38.5 Å². The van der Waals surface area contributed by atoms with Crippen LogP contribution in [0.1, 0.15) is 42.9 Å². The minimum atomic E-state index is -4.48. The van der Waals surface area contributed by atoms with Gasteiger partial charge < -0.3 is 0 Å². The SMILES string of the molecule is C=C(C)CC(C(C)=O)c1cc(-c2ccc(C(F)(F)F)cc2)cc(-c2ccc(C(F)(F)F)cc2)c1. The summed E-state index contributed by atoms with van der Waals surface area (Å²) in [5, 5.41) is 0. The molecule has 7 heteroatoms. The van der Waals surface area contributed by atoms with Crippen LogP contribution in [-0.4, -0.2) is 5.78 Å². The van der Waals surface area contributed by atoms with Gasteiger partial charge in [-0.25, -0.2) is 0 Å². The number of hydrogen-bond acceptors (Lipinski definition) is 1. The Morgan fingerprint density at radius 2 is 1.09 bits per heavy atom. The van der Waals surface area contributed by atoms with E-state index in [1.165, 1.54) is 31.2 Å². The summed E-state index contributed by atoms with van der Waals surface area (Å²) in [7, 11) is 0. The van der Waals surface area contributed by atoms with E-state index in [-0.39, 0.29) is 5.78 Å². The van der Waals surface area contributed by atoms with Crippen LogP contribution in [0, 0.1) is 0 Å². The lowest BCUT2D eigenvalue weighted by atomic mass is 9.85. The molecule has 0 radical (unpaired) electrons. The Morgan fingerprint density at radius 1 is 0.706 bits per heavy atom. The molecule has 0 aromatic heterocycles. The average molecular weight is 476 g/mol. The molecule has 0 aliphatic heterocycles. The van der Waals surface area contributed by atoms with Crippen LogP contribution in [0.3, 0.4) is 0 Å². The summed E-state index contributed by atoms with van der Waals surface area (Å²) in [5.74, 6) is -0.661.